The minimum absolute atomic E-state index is 0.197. The zero-order valence-electron chi connectivity index (χ0n) is 10.7. The van der Waals surface area contributed by atoms with Crippen LogP contribution in [-0.4, -0.2) is 23.3 Å². The van der Waals surface area contributed by atoms with E-state index < -0.39 is 11.8 Å². The molecule has 0 saturated heterocycles. The number of benzene rings is 1. The number of rotatable bonds is 3. The van der Waals surface area contributed by atoms with E-state index in [2.05, 4.69) is 4.98 Å². The lowest BCUT2D eigenvalue weighted by Gasteiger charge is -1.99. The molecule has 0 aliphatic rings. The van der Waals surface area contributed by atoms with E-state index in [0.29, 0.717) is 5.69 Å². The van der Waals surface area contributed by atoms with Crippen molar-refractivity contribution in [3.05, 3.63) is 35.0 Å². The van der Waals surface area contributed by atoms with Gasteiger partial charge in [0.25, 0.3) is 5.78 Å². The smallest absolute Gasteiger partial charge is 0.381 e. The molecule has 2 aromatic rings. The number of nitrogens with one attached hydrogen (secondary N) is 1. The lowest BCUT2D eigenvalue weighted by Crippen LogP contribution is -2.18. The van der Waals surface area contributed by atoms with E-state index in [-0.39, 0.29) is 6.61 Å². The molecule has 0 radical (unpaired) electrons. The van der Waals surface area contributed by atoms with E-state index in [1.54, 1.807) is 6.92 Å². The minimum atomic E-state index is -0.816. The molecule has 0 spiro atoms. The van der Waals surface area contributed by atoms with Crippen LogP contribution in [0.25, 0.3) is 10.9 Å². The molecular weight excluding hydrogens is 230 g/mol. The van der Waals surface area contributed by atoms with E-state index in [1.807, 2.05) is 32.0 Å². The number of H-pyrrole nitrogens is 1. The van der Waals surface area contributed by atoms with Gasteiger partial charge in [0, 0.05) is 10.9 Å². The topological polar surface area (TPSA) is 59.2 Å². The Morgan fingerprint density at radius 3 is 2.67 bits per heavy atom. The fourth-order valence-corrected chi connectivity index (χ4v) is 1.97. The molecule has 1 aromatic carbocycles. The van der Waals surface area contributed by atoms with Gasteiger partial charge in [0.15, 0.2) is 0 Å². The highest BCUT2D eigenvalue weighted by Gasteiger charge is 2.22. The number of aromatic nitrogens is 1. The molecular formula is C14H15NO3. The van der Waals surface area contributed by atoms with Crippen LogP contribution in [0.1, 0.15) is 28.5 Å². The summed E-state index contributed by atoms with van der Waals surface area (Å²) in [4.78, 5) is 26.3. The van der Waals surface area contributed by atoms with Crippen LogP contribution in [0.4, 0.5) is 0 Å². The number of esters is 1. The van der Waals surface area contributed by atoms with E-state index >= 15 is 0 Å². The summed E-state index contributed by atoms with van der Waals surface area (Å²) in [6.45, 7) is 5.68. The van der Waals surface area contributed by atoms with Gasteiger partial charge < -0.3 is 9.72 Å². The van der Waals surface area contributed by atoms with Crippen molar-refractivity contribution in [2.45, 2.75) is 20.8 Å². The van der Waals surface area contributed by atoms with Gasteiger partial charge in [0.1, 0.15) is 0 Å². The normalized spacial score (nSPS) is 10.6. The zero-order chi connectivity index (χ0) is 13.3. The van der Waals surface area contributed by atoms with Gasteiger partial charge in [0.2, 0.25) is 0 Å². The molecule has 0 saturated carbocycles. The largest absolute Gasteiger partial charge is 0.460 e. The predicted octanol–water partition coefficient (Wildman–Crippen LogP) is 2.53. The molecule has 0 aliphatic carbocycles. The first kappa shape index (κ1) is 12.4. The Hall–Kier alpha value is -2.10. The van der Waals surface area contributed by atoms with Gasteiger partial charge in [-0.2, -0.15) is 0 Å². The molecule has 0 fully saturated rings. The van der Waals surface area contributed by atoms with Crippen LogP contribution in [0.15, 0.2) is 18.2 Å². The highest BCUT2D eigenvalue weighted by Crippen LogP contribution is 2.23. The molecule has 0 aliphatic heterocycles. The number of ketones is 1. The minimum Gasteiger partial charge on any atom is -0.460 e. The fraction of sp³-hybridized carbons (Fsp3) is 0.286. The third-order valence-electron chi connectivity index (χ3n) is 2.90. The monoisotopic (exact) mass is 245 g/mol. The van der Waals surface area contributed by atoms with Crippen molar-refractivity contribution in [2.24, 2.45) is 0 Å². The Morgan fingerprint density at radius 2 is 2.00 bits per heavy atom. The molecule has 0 amide bonds. The van der Waals surface area contributed by atoms with Gasteiger partial charge in [-0.15, -0.1) is 0 Å². The molecule has 1 aromatic heterocycles. The summed E-state index contributed by atoms with van der Waals surface area (Å²) < 4.78 is 4.72. The number of carbonyl (C=O) groups is 2. The van der Waals surface area contributed by atoms with E-state index in [9.17, 15) is 9.59 Å². The number of fused-ring (bicyclic) bond motifs is 1. The maximum Gasteiger partial charge on any atom is 0.381 e. The van der Waals surface area contributed by atoms with E-state index in [1.165, 1.54) is 0 Å². The number of hydrogen-bond donors (Lipinski definition) is 1. The second-order valence-electron chi connectivity index (χ2n) is 4.22. The summed E-state index contributed by atoms with van der Waals surface area (Å²) in [5.74, 6) is -1.44. The molecule has 4 nitrogen and oxygen atoms in total. The number of aromatic amines is 1. The lowest BCUT2D eigenvalue weighted by molar-refractivity contribution is -0.137. The Bertz CT molecular complexity index is 625. The van der Waals surface area contributed by atoms with Gasteiger partial charge in [-0.1, -0.05) is 11.6 Å². The Balaban J connectivity index is 2.49. The second-order valence-corrected chi connectivity index (χ2v) is 4.22. The first-order chi connectivity index (χ1) is 8.54. The number of aryl methyl sites for hydroxylation is 2. The lowest BCUT2D eigenvalue weighted by atomic mass is 10.1. The summed E-state index contributed by atoms with van der Waals surface area (Å²) in [5, 5.41) is 0.961. The van der Waals surface area contributed by atoms with Crippen molar-refractivity contribution >= 4 is 22.7 Å². The first-order valence-electron chi connectivity index (χ1n) is 5.85. The molecule has 4 heteroatoms. The van der Waals surface area contributed by atoms with Crippen molar-refractivity contribution < 1.29 is 14.3 Å². The molecule has 18 heavy (non-hydrogen) atoms. The van der Waals surface area contributed by atoms with Crippen LogP contribution in [0.5, 0.6) is 0 Å². The van der Waals surface area contributed by atoms with Gasteiger partial charge in [0.05, 0.1) is 12.3 Å². The Morgan fingerprint density at radius 1 is 1.28 bits per heavy atom. The zero-order valence-corrected chi connectivity index (χ0v) is 10.7. The molecule has 94 valence electrons. The van der Waals surface area contributed by atoms with Crippen molar-refractivity contribution in [2.75, 3.05) is 6.61 Å². The summed E-state index contributed by atoms with van der Waals surface area (Å²) in [6.07, 6.45) is 0. The van der Waals surface area contributed by atoms with Gasteiger partial charge >= 0.3 is 5.97 Å². The summed E-state index contributed by atoms with van der Waals surface area (Å²) in [5.41, 5.74) is 3.06. The highest BCUT2D eigenvalue weighted by molar-refractivity contribution is 6.41. The maximum absolute atomic E-state index is 11.9. The number of ether oxygens (including phenoxy) is 1. The molecule has 1 heterocycles. The molecule has 0 atom stereocenters. The van der Waals surface area contributed by atoms with Crippen LogP contribution in [0.3, 0.4) is 0 Å². The SMILES string of the molecule is CCOC(=O)C(=O)c1[nH]c2ccc(C)cc2c1C. The highest BCUT2D eigenvalue weighted by atomic mass is 16.5. The van der Waals surface area contributed by atoms with Crippen molar-refractivity contribution in [3.8, 4) is 0 Å². The van der Waals surface area contributed by atoms with Crippen LogP contribution in [0, 0.1) is 13.8 Å². The predicted molar refractivity (Wildman–Crippen MR) is 68.7 cm³/mol. The average molecular weight is 245 g/mol. The Kier molecular flexibility index (Phi) is 3.19. The van der Waals surface area contributed by atoms with Crippen LogP contribution in [0.2, 0.25) is 0 Å². The van der Waals surface area contributed by atoms with E-state index in [4.69, 9.17) is 4.74 Å². The molecule has 1 N–H and O–H groups in total. The first-order valence-corrected chi connectivity index (χ1v) is 5.85. The standard InChI is InChI=1S/C14H15NO3/c1-4-18-14(17)13(16)12-9(3)10-7-8(2)5-6-11(10)15-12/h5-7,15H,4H2,1-3H3. The average Bonchev–Trinajstić information content (AvgIpc) is 2.66. The third kappa shape index (κ3) is 2.01. The number of Topliss-reactive ketones (excluding diaryl/α,β-unsaturated/α-hetero) is 1. The Labute approximate surface area is 105 Å². The molecule has 2 rings (SSSR count). The second kappa shape index (κ2) is 4.64. The van der Waals surface area contributed by atoms with Gasteiger partial charge in [-0.05, 0) is 38.5 Å². The fourth-order valence-electron chi connectivity index (χ4n) is 1.97. The molecule has 0 unspecified atom stereocenters. The van der Waals surface area contributed by atoms with Gasteiger partial charge in [-0.25, -0.2) is 4.79 Å². The summed E-state index contributed by atoms with van der Waals surface area (Å²) in [7, 11) is 0. The summed E-state index contributed by atoms with van der Waals surface area (Å²) >= 11 is 0. The quantitative estimate of drug-likeness (QED) is 0.513. The summed E-state index contributed by atoms with van der Waals surface area (Å²) in [6, 6.07) is 5.85. The van der Waals surface area contributed by atoms with E-state index in [0.717, 1.165) is 22.0 Å². The third-order valence-corrected chi connectivity index (χ3v) is 2.90. The van der Waals surface area contributed by atoms with Crippen LogP contribution >= 0.6 is 0 Å². The number of carbonyl (C=O) groups excluding carboxylic acids is 2. The number of hydrogen-bond acceptors (Lipinski definition) is 3. The van der Waals surface area contributed by atoms with Crippen molar-refractivity contribution in [3.63, 3.8) is 0 Å². The van der Waals surface area contributed by atoms with Gasteiger partial charge in [-0.3, -0.25) is 4.79 Å². The van der Waals surface area contributed by atoms with Crippen LogP contribution in [-0.2, 0) is 9.53 Å². The molecule has 0 bridgehead atoms. The maximum atomic E-state index is 11.9. The van der Waals surface area contributed by atoms with Crippen molar-refractivity contribution in [1.29, 1.82) is 0 Å². The van der Waals surface area contributed by atoms with Crippen LogP contribution < -0.4 is 0 Å². The van der Waals surface area contributed by atoms with Crippen molar-refractivity contribution in [1.82, 2.24) is 4.98 Å².